The Morgan fingerprint density at radius 2 is 2.10 bits per heavy atom. The SMILES string of the molecule is CCCS(=O)(=O)c1c(N)nsc1N1CCCC2CCCC21. The molecule has 2 heterocycles. The van der Waals surface area contributed by atoms with Crippen LogP contribution >= 0.6 is 11.5 Å². The quantitative estimate of drug-likeness (QED) is 0.919. The van der Waals surface area contributed by atoms with Gasteiger partial charge in [0.05, 0.1) is 5.75 Å². The Balaban J connectivity index is 1.99. The van der Waals surface area contributed by atoms with E-state index in [4.69, 9.17) is 5.73 Å². The molecule has 1 aromatic rings. The Morgan fingerprint density at radius 3 is 2.86 bits per heavy atom. The predicted molar refractivity (Wildman–Crippen MR) is 86.6 cm³/mol. The fourth-order valence-corrected chi connectivity index (χ4v) is 6.67. The highest BCUT2D eigenvalue weighted by atomic mass is 32.2. The molecule has 2 aliphatic rings. The number of anilines is 2. The van der Waals surface area contributed by atoms with Crippen LogP contribution in [-0.4, -0.2) is 31.1 Å². The summed E-state index contributed by atoms with van der Waals surface area (Å²) in [6, 6.07) is 0.481. The molecule has 0 amide bonds. The van der Waals surface area contributed by atoms with Gasteiger partial charge in [0.25, 0.3) is 0 Å². The van der Waals surface area contributed by atoms with Crippen LogP contribution in [0.2, 0.25) is 0 Å². The number of nitrogens with zero attached hydrogens (tertiary/aromatic N) is 2. The van der Waals surface area contributed by atoms with Crippen LogP contribution in [0.3, 0.4) is 0 Å². The molecule has 1 saturated carbocycles. The average molecular weight is 329 g/mol. The Bertz CT molecular complexity index is 612. The molecule has 1 aliphatic carbocycles. The van der Waals surface area contributed by atoms with Gasteiger partial charge in [-0.3, -0.25) is 0 Å². The third-order valence-electron chi connectivity index (χ3n) is 4.70. The number of aromatic nitrogens is 1. The van der Waals surface area contributed by atoms with Crippen LogP contribution in [0.4, 0.5) is 10.8 Å². The molecule has 2 fully saturated rings. The van der Waals surface area contributed by atoms with Crippen molar-refractivity contribution in [2.24, 2.45) is 5.92 Å². The fraction of sp³-hybridized carbons (Fsp3) is 0.786. The van der Waals surface area contributed by atoms with Crippen molar-refractivity contribution in [3.8, 4) is 0 Å². The molecule has 1 saturated heterocycles. The van der Waals surface area contributed by atoms with Gasteiger partial charge in [-0.05, 0) is 49.6 Å². The first-order valence-corrected chi connectivity index (χ1v) is 10.2. The molecule has 5 nitrogen and oxygen atoms in total. The minimum atomic E-state index is -3.33. The molecule has 1 aliphatic heterocycles. The summed E-state index contributed by atoms with van der Waals surface area (Å²) in [5.41, 5.74) is 5.90. The maximum absolute atomic E-state index is 12.5. The van der Waals surface area contributed by atoms with Crippen LogP contribution in [0.1, 0.15) is 45.4 Å². The zero-order valence-corrected chi connectivity index (χ0v) is 14.0. The summed E-state index contributed by atoms with van der Waals surface area (Å²) in [6.07, 6.45) is 6.68. The van der Waals surface area contributed by atoms with E-state index in [2.05, 4.69) is 9.27 Å². The first-order chi connectivity index (χ1) is 10.0. The van der Waals surface area contributed by atoms with Gasteiger partial charge in [0.2, 0.25) is 0 Å². The van der Waals surface area contributed by atoms with Gasteiger partial charge in [-0.15, -0.1) is 0 Å². The van der Waals surface area contributed by atoms with Crippen molar-refractivity contribution >= 4 is 32.2 Å². The number of piperidine rings is 1. The number of hydrogen-bond acceptors (Lipinski definition) is 6. The number of hydrogen-bond donors (Lipinski definition) is 1. The zero-order chi connectivity index (χ0) is 15.0. The summed E-state index contributed by atoms with van der Waals surface area (Å²) in [6.45, 7) is 2.80. The first-order valence-electron chi connectivity index (χ1n) is 7.79. The van der Waals surface area contributed by atoms with E-state index in [0.717, 1.165) is 24.4 Å². The molecule has 2 N–H and O–H groups in total. The largest absolute Gasteiger partial charge is 0.382 e. The van der Waals surface area contributed by atoms with Crippen molar-refractivity contribution < 1.29 is 8.42 Å². The van der Waals surface area contributed by atoms with Crippen molar-refractivity contribution in [3.05, 3.63) is 0 Å². The smallest absolute Gasteiger partial charge is 0.185 e. The van der Waals surface area contributed by atoms with Gasteiger partial charge in [0.15, 0.2) is 15.7 Å². The second kappa shape index (κ2) is 5.76. The highest BCUT2D eigenvalue weighted by Gasteiger charge is 2.38. The van der Waals surface area contributed by atoms with Crippen LogP contribution in [0.25, 0.3) is 0 Å². The van der Waals surface area contributed by atoms with Crippen molar-refractivity contribution in [1.82, 2.24) is 4.37 Å². The molecular weight excluding hydrogens is 306 g/mol. The number of fused-ring (bicyclic) bond motifs is 1. The number of nitrogens with two attached hydrogens (primary N) is 1. The number of rotatable bonds is 4. The van der Waals surface area contributed by atoms with Crippen molar-refractivity contribution in [3.63, 3.8) is 0 Å². The minimum Gasteiger partial charge on any atom is -0.382 e. The summed E-state index contributed by atoms with van der Waals surface area (Å²) in [7, 11) is -3.33. The lowest BCUT2D eigenvalue weighted by molar-refractivity contribution is 0.363. The van der Waals surface area contributed by atoms with Crippen molar-refractivity contribution in [1.29, 1.82) is 0 Å². The molecule has 7 heteroatoms. The number of nitrogen functional groups attached to an aromatic ring is 1. The molecule has 21 heavy (non-hydrogen) atoms. The third-order valence-corrected chi connectivity index (χ3v) is 7.69. The van der Waals surface area contributed by atoms with E-state index in [-0.39, 0.29) is 11.6 Å². The molecule has 2 unspecified atom stereocenters. The van der Waals surface area contributed by atoms with E-state index in [1.165, 1.54) is 30.8 Å². The monoisotopic (exact) mass is 329 g/mol. The summed E-state index contributed by atoms with van der Waals surface area (Å²) in [5, 5.41) is 0.789. The lowest BCUT2D eigenvalue weighted by atomic mass is 9.92. The van der Waals surface area contributed by atoms with E-state index in [1.54, 1.807) is 0 Å². The lowest BCUT2D eigenvalue weighted by Crippen LogP contribution is -2.42. The second-order valence-electron chi connectivity index (χ2n) is 6.11. The Labute approximate surface area is 130 Å². The van der Waals surface area contributed by atoms with Crippen molar-refractivity contribution in [2.45, 2.75) is 56.4 Å². The Kier molecular flexibility index (Phi) is 4.14. The van der Waals surface area contributed by atoms with Crippen LogP contribution in [-0.2, 0) is 9.84 Å². The normalized spacial score (nSPS) is 26.0. The summed E-state index contributed by atoms with van der Waals surface area (Å²) >= 11 is 1.26. The molecule has 3 rings (SSSR count). The average Bonchev–Trinajstić information content (AvgIpc) is 3.04. The zero-order valence-electron chi connectivity index (χ0n) is 12.4. The van der Waals surface area contributed by atoms with Gasteiger partial charge in [-0.2, -0.15) is 4.37 Å². The number of sulfone groups is 1. The molecule has 0 aromatic carbocycles. The molecular formula is C14H23N3O2S2. The highest BCUT2D eigenvalue weighted by molar-refractivity contribution is 7.91. The van der Waals surface area contributed by atoms with Crippen LogP contribution in [0.15, 0.2) is 4.90 Å². The van der Waals surface area contributed by atoms with E-state index < -0.39 is 9.84 Å². The lowest BCUT2D eigenvalue weighted by Gasteiger charge is -2.38. The van der Waals surface area contributed by atoms with Gasteiger partial charge in [-0.1, -0.05) is 13.3 Å². The topological polar surface area (TPSA) is 76.3 Å². The first kappa shape index (κ1) is 15.1. The fourth-order valence-electron chi connectivity index (χ4n) is 3.84. The molecule has 1 aromatic heterocycles. The van der Waals surface area contributed by atoms with Gasteiger partial charge in [-0.25, -0.2) is 8.42 Å². The summed E-state index contributed by atoms with van der Waals surface area (Å²) in [5.74, 6) is 1.04. The van der Waals surface area contributed by atoms with Gasteiger partial charge in [0.1, 0.15) is 9.90 Å². The maximum atomic E-state index is 12.5. The van der Waals surface area contributed by atoms with Crippen LogP contribution in [0.5, 0.6) is 0 Å². The van der Waals surface area contributed by atoms with E-state index in [0.29, 0.717) is 23.3 Å². The molecule has 0 bridgehead atoms. The summed E-state index contributed by atoms with van der Waals surface area (Å²) < 4.78 is 29.2. The Morgan fingerprint density at radius 1 is 1.33 bits per heavy atom. The predicted octanol–water partition coefficient (Wildman–Crippen LogP) is 2.68. The third kappa shape index (κ3) is 2.65. The van der Waals surface area contributed by atoms with Gasteiger partial charge in [0, 0.05) is 12.6 Å². The van der Waals surface area contributed by atoms with E-state index >= 15 is 0 Å². The van der Waals surface area contributed by atoms with Crippen LogP contribution in [0, 0.1) is 5.92 Å². The Hall–Kier alpha value is -0.820. The van der Waals surface area contributed by atoms with E-state index in [9.17, 15) is 8.42 Å². The van der Waals surface area contributed by atoms with Crippen molar-refractivity contribution in [2.75, 3.05) is 22.9 Å². The standard InChI is InChI=1S/C14H23N3O2S2/c1-2-9-21(18,19)12-13(15)16-20-14(12)17-8-4-6-10-5-3-7-11(10)17/h10-11H,2-9H2,1H3,(H2,15,16). The van der Waals surface area contributed by atoms with Gasteiger partial charge >= 0.3 is 0 Å². The molecule has 2 atom stereocenters. The molecule has 0 spiro atoms. The highest BCUT2D eigenvalue weighted by Crippen LogP contribution is 2.44. The molecule has 118 valence electrons. The second-order valence-corrected chi connectivity index (χ2v) is 8.91. The minimum absolute atomic E-state index is 0.143. The van der Waals surface area contributed by atoms with E-state index in [1.807, 2.05) is 6.92 Å². The van der Waals surface area contributed by atoms with Crippen LogP contribution < -0.4 is 10.6 Å². The maximum Gasteiger partial charge on any atom is 0.185 e. The summed E-state index contributed by atoms with van der Waals surface area (Å²) in [4.78, 5) is 2.58. The van der Waals surface area contributed by atoms with Gasteiger partial charge < -0.3 is 10.6 Å². The molecule has 0 radical (unpaired) electrons.